The number of fused-ring (bicyclic) bond motifs is 3. The molecule has 3 aromatic heterocycles. The predicted molar refractivity (Wildman–Crippen MR) is 116 cm³/mol. The monoisotopic (exact) mass is 488 g/mol. The lowest BCUT2D eigenvalue weighted by atomic mass is 9.73. The number of piperidine rings is 2. The van der Waals surface area contributed by atoms with E-state index >= 15 is 0 Å². The Kier molecular flexibility index (Phi) is 5.91. The Morgan fingerprint density at radius 3 is 2.60 bits per heavy atom. The summed E-state index contributed by atoms with van der Waals surface area (Å²) in [6.45, 7) is 1.55. The first kappa shape index (κ1) is 23.2. The first-order chi connectivity index (χ1) is 16.8. The third-order valence-electron chi connectivity index (χ3n) is 6.66. The predicted octanol–water partition coefficient (Wildman–Crippen LogP) is 2.82. The van der Waals surface area contributed by atoms with Crippen LogP contribution >= 0.6 is 0 Å². The summed E-state index contributed by atoms with van der Waals surface area (Å²) in [5.41, 5.74) is 0.329. The molecule has 0 unspecified atom stereocenters. The highest BCUT2D eigenvalue weighted by Crippen LogP contribution is 2.42. The number of pyridine rings is 2. The van der Waals surface area contributed by atoms with Gasteiger partial charge in [0.05, 0.1) is 36.6 Å². The van der Waals surface area contributed by atoms with E-state index in [1.807, 2.05) is 0 Å². The highest BCUT2D eigenvalue weighted by Gasteiger charge is 2.50. The molecule has 3 aromatic rings. The molecule has 35 heavy (non-hydrogen) atoms. The molecule has 2 bridgehead atoms. The van der Waals surface area contributed by atoms with E-state index in [0.29, 0.717) is 24.2 Å². The Morgan fingerprint density at radius 1 is 1.17 bits per heavy atom. The third-order valence-corrected chi connectivity index (χ3v) is 6.66. The van der Waals surface area contributed by atoms with Crippen molar-refractivity contribution >= 4 is 5.91 Å². The number of rotatable bonds is 5. The molecule has 4 atom stereocenters. The van der Waals surface area contributed by atoms with E-state index in [4.69, 9.17) is 4.74 Å². The van der Waals surface area contributed by atoms with Gasteiger partial charge in [0.25, 0.3) is 5.91 Å². The van der Waals surface area contributed by atoms with E-state index in [2.05, 4.69) is 20.2 Å². The Hall–Kier alpha value is -3.54. The summed E-state index contributed by atoms with van der Waals surface area (Å²) in [5, 5.41) is 18.4. The van der Waals surface area contributed by atoms with Gasteiger partial charge in [-0.3, -0.25) is 4.79 Å². The summed E-state index contributed by atoms with van der Waals surface area (Å²) in [5.74, 6) is -0.369. The summed E-state index contributed by atoms with van der Waals surface area (Å²) in [6.07, 6.45) is 0.722. The Bertz CT molecular complexity index is 1200. The molecule has 6 rings (SSSR count). The smallest absolute Gasteiger partial charge is 0.417 e. The standard InChI is InChI=1S/C23H23F3N6O3/c1-13-2-5-17(32-28-8-9-29-32)21(30-13)22(34)31-16-6-3-14(18(31)12-33)10-19(16)35-20-7-4-15(11-27-20)23(24,25)26/h2,4-5,7-9,11,14,16,18-19,33H,3,6,10,12H2,1H3/t14-,16+,18-,19+/m1/s1. The van der Waals surface area contributed by atoms with Crippen molar-refractivity contribution in [2.24, 2.45) is 5.92 Å². The highest BCUT2D eigenvalue weighted by molar-refractivity contribution is 5.96. The van der Waals surface area contributed by atoms with Crippen molar-refractivity contribution in [2.45, 2.75) is 50.6 Å². The molecule has 2 aliphatic heterocycles. The van der Waals surface area contributed by atoms with E-state index in [-0.39, 0.29) is 30.0 Å². The first-order valence-corrected chi connectivity index (χ1v) is 11.2. The largest absolute Gasteiger partial charge is 0.472 e. The molecule has 1 saturated carbocycles. The van der Waals surface area contributed by atoms with E-state index < -0.39 is 29.9 Å². The molecule has 0 aromatic carbocycles. The molecule has 1 aliphatic carbocycles. The number of aryl methyl sites for hydroxylation is 1. The maximum atomic E-state index is 13.9. The van der Waals surface area contributed by atoms with Crippen molar-refractivity contribution in [3.05, 3.63) is 59.8 Å². The quantitative estimate of drug-likeness (QED) is 0.589. The van der Waals surface area contributed by atoms with Gasteiger partial charge in [-0.25, -0.2) is 9.97 Å². The lowest BCUT2D eigenvalue weighted by molar-refractivity contribution is -0.137. The van der Waals surface area contributed by atoms with Gasteiger partial charge >= 0.3 is 6.18 Å². The van der Waals surface area contributed by atoms with Crippen molar-refractivity contribution in [1.29, 1.82) is 0 Å². The second-order valence-corrected chi connectivity index (χ2v) is 8.78. The molecule has 1 N–H and O–H groups in total. The lowest BCUT2D eigenvalue weighted by Crippen LogP contribution is -2.65. The fourth-order valence-electron chi connectivity index (χ4n) is 5.05. The molecule has 12 heteroatoms. The molecule has 3 fully saturated rings. The molecule has 0 spiro atoms. The van der Waals surface area contributed by atoms with Crippen LogP contribution in [-0.4, -0.2) is 65.7 Å². The fraction of sp³-hybridized carbons (Fsp3) is 0.435. The summed E-state index contributed by atoms with van der Waals surface area (Å²) in [6, 6.07) is 4.74. The molecule has 3 aliphatic rings. The van der Waals surface area contributed by atoms with Crippen molar-refractivity contribution in [3.8, 4) is 11.6 Å². The van der Waals surface area contributed by atoms with Gasteiger partial charge < -0.3 is 14.7 Å². The van der Waals surface area contributed by atoms with Gasteiger partial charge in [-0.2, -0.15) is 23.4 Å². The zero-order chi connectivity index (χ0) is 24.7. The Labute approximate surface area is 198 Å². The van der Waals surface area contributed by atoms with Crippen LogP contribution in [0.3, 0.4) is 0 Å². The Balaban J connectivity index is 1.45. The minimum absolute atomic E-state index is 0.0375. The van der Waals surface area contributed by atoms with Gasteiger partial charge in [0.1, 0.15) is 11.8 Å². The molecule has 5 heterocycles. The van der Waals surface area contributed by atoms with Gasteiger partial charge in [-0.1, -0.05) is 0 Å². The van der Waals surface area contributed by atoms with Crippen LogP contribution in [-0.2, 0) is 6.18 Å². The van der Waals surface area contributed by atoms with E-state index in [9.17, 15) is 23.1 Å². The number of hydrogen-bond donors (Lipinski definition) is 1. The number of aliphatic hydroxyl groups is 1. The minimum Gasteiger partial charge on any atom is -0.472 e. The molecule has 1 amide bonds. The number of hydrogen-bond acceptors (Lipinski definition) is 7. The van der Waals surface area contributed by atoms with Crippen LogP contribution in [0.5, 0.6) is 5.88 Å². The molecular weight excluding hydrogens is 465 g/mol. The van der Waals surface area contributed by atoms with Crippen molar-refractivity contribution < 1.29 is 27.8 Å². The average molecular weight is 488 g/mol. The summed E-state index contributed by atoms with van der Waals surface area (Å²) >= 11 is 0. The first-order valence-electron chi connectivity index (χ1n) is 11.2. The average Bonchev–Trinajstić information content (AvgIpc) is 3.38. The third kappa shape index (κ3) is 4.33. The van der Waals surface area contributed by atoms with Gasteiger partial charge in [0, 0.05) is 18.0 Å². The fourth-order valence-corrected chi connectivity index (χ4v) is 5.05. The van der Waals surface area contributed by atoms with Crippen LogP contribution in [0.15, 0.2) is 42.9 Å². The van der Waals surface area contributed by atoms with Crippen LogP contribution in [0, 0.1) is 12.8 Å². The van der Waals surface area contributed by atoms with Gasteiger partial charge in [0.2, 0.25) is 5.88 Å². The van der Waals surface area contributed by atoms with E-state index in [0.717, 1.165) is 18.7 Å². The minimum atomic E-state index is -4.49. The van der Waals surface area contributed by atoms with Gasteiger partial charge in [-0.15, -0.1) is 4.80 Å². The summed E-state index contributed by atoms with van der Waals surface area (Å²) < 4.78 is 44.6. The van der Waals surface area contributed by atoms with Crippen LogP contribution < -0.4 is 4.74 Å². The number of carbonyl (C=O) groups excluding carboxylic acids is 1. The lowest BCUT2D eigenvalue weighted by Gasteiger charge is -2.53. The number of aromatic nitrogens is 5. The van der Waals surface area contributed by atoms with Gasteiger partial charge in [-0.05, 0) is 50.3 Å². The zero-order valence-electron chi connectivity index (χ0n) is 18.8. The van der Waals surface area contributed by atoms with E-state index in [1.54, 1.807) is 24.0 Å². The van der Waals surface area contributed by atoms with Crippen LogP contribution in [0.25, 0.3) is 5.69 Å². The maximum Gasteiger partial charge on any atom is 0.417 e. The van der Waals surface area contributed by atoms with Crippen molar-refractivity contribution in [3.63, 3.8) is 0 Å². The number of amides is 1. The second-order valence-electron chi connectivity index (χ2n) is 8.78. The SMILES string of the molecule is Cc1ccc(-n2nccn2)c(C(=O)N2[C@H](CO)[C@@H]3CC[C@H]2[C@@H](Oc2ccc(C(F)(F)F)cn2)C3)n1. The van der Waals surface area contributed by atoms with E-state index in [1.165, 1.54) is 23.3 Å². The molecule has 2 saturated heterocycles. The molecular formula is C23H23F3N6O3. The molecule has 9 nitrogen and oxygen atoms in total. The normalized spacial score (nSPS) is 24.0. The van der Waals surface area contributed by atoms with Crippen LogP contribution in [0.4, 0.5) is 13.2 Å². The second kappa shape index (κ2) is 8.91. The van der Waals surface area contributed by atoms with Crippen LogP contribution in [0.1, 0.15) is 41.0 Å². The number of carbonyl (C=O) groups is 1. The Morgan fingerprint density at radius 2 is 1.94 bits per heavy atom. The number of aliphatic hydroxyl groups excluding tert-OH is 1. The topological polar surface area (TPSA) is 106 Å². The number of halogens is 3. The molecule has 184 valence electrons. The van der Waals surface area contributed by atoms with Gasteiger partial charge in [0.15, 0.2) is 5.69 Å². The number of ether oxygens (including phenoxy) is 1. The maximum absolute atomic E-state index is 13.9. The number of alkyl halides is 3. The highest BCUT2D eigenvalue weighted by atomic mass is 19.4. The summed E-state index contributed by atoms with van der Waals surface area (Å²) in [4.78, 5) is 25.1. The van der Waals surface area contributed by atoms with Crippen molar-refractivity contribution in [2.75, 3.05) is 6.61 Å². The number of nitrogens with zero attached hydrogens (tertiary/aromatic N) is 6. The summed E-state index contributed by atoms with van der Waals surface area (Å²) in [7, 11) is 0. The van der Waals surface area contributed by atoms with Crippen LogP contribution in [0.2, 0.25) is 0 Å². The zero-order valence-corrected chi connectivity index (χ0v) is 18.8. The van der Waals surface area contributed by atoms with Crippen molar-refractivity contribution in [1.82, 2.24) is 29.9 Å². The molecule has 0 radical (unpaired) electrons.